The Hall–Kier alpha value is -2.20. The van der Waals surface area contributed by atoms with Crippen LogP contribution >= 0.6 is 0 Å². The molecule has 2 aromatic carbocycles. The third-order valence-electron chi connectivity index (χ3n) is 4.03. The molecule has 0 bridgehead atoms. The predicted octanol–water partition coefficient (Wildman–Crippen LogP) is 4.23. The van der Waals surface area contributed by atoms with Gasteiger partial charge in [0.05, 0.1) is 11.0 Å². The number of ether oxygens (including phenoxy) is 1. The summed E-state index contributed by atoms with van der Waals surface area (Å²) in [5.74, 6) is 0.486. The number of hydrogen-bond acceptors (Lipinski definition) is 3. The summed E-state index contributed by atoms with van der Waals surface area (Å²) in [7, 11) is 0. The molecule has 0 aliphatic carbocycles. The lowest BCUT2D eigenvalue weighted by Crippen LogP contribution is -2.18. The molecule has 0 spiro atoms. The van der Waals surface area contributed by atoms with Crippen LogP contribution in [0.4, 0.5) is 5.69 Å². The van der Waals surface area contributed by atoms with E-state index in [4.69, 9.17) is 4.74 Å². The molecule has 0 amide bonds. The van der Waals surface area contributed by atoms with Crippen molar-refractivity contribution >= 4 is 5.69 Å². The minimum absolute atomic E-state index is 0.0183. The Bertz CT molecular complexity index is 610. The van der Waals surface area contributed by atoms with Gasteiger partial charge in [-0.3, -0.25) is 10.1 Å². The first-order valence-electron chi connectivity index (χ1n) is 7.15. The average Bonchev–Trinajstić information content (AvgIpc) is 2.56. The lowest BCUT2D eigenvalue weighted by atomic mass is 9.86. The van der Waals surface area contributed by atoms with Crippen LogP contribution in [0.1, 0.15) is 36.0 Å². The quantitative estimate of drug-likeness (QED) is 0.625. The second-order valence-electron chi connectivity index (χ2n) is 5.34. The third-order valence-corrected chi connectivity index (χ3v) is 4.03. The summed E-state index contributed by atoms with van der Waals surface area (Å²) in [6.45, 7) is 0.723. The van der Waals surface area contributed by atoms with Gasteiger partial charge >= 0.3 is 0 Å². The highest BCUT2D eigenvalue weighted by Gasteiger charge is 2.25. The highest BCUT2D eigenvalue weighted by atomic mass is 16.6. The van der Waals surface area contributed by atoms with Gasteiger partial charge in [0.25, 0.3) is 5.69 Å². The van der Waals surface area contributed by atoms with E-state index in [9.17, 15) is 10.1 Å². The number of nitro groups is 1. The highest BCUT2D eigenvalue weighted by Crippen LogP contribution is 2.37. The molecule has 0 radical (unpaired) electrons. The van der Waals surface area contributed by atoms with Crippen molar-refractivity contribution in [1.82, 2.24) is 0 Å². The van der Waals surface area contributed by atoms with Gasteiger partial charge in [-0.15, -0.1) is 0 Å². The van der Waals surface area contributed by atoms with Crippen LogP contribution < -0.4 is 0 Å². The fourth-order valence-electron chi connectivity index (χ4n) is 2.87. The lowest BCUT2D eigenvalue weighted by molar-refractivity contribution is -0.384. The summed E-state index contributed by atoms with van der Waals surface area (Å²) in [6.07, 6.45) is 1.96. The van der Waals surface area contributed by atoms with Crippen LogP contribution in [-0.4, -0.2) is 11.5 Å². The minimum atomic E-state index is -0.377. The van der Waals surface area contributed by atoms with E-state index in [2.05, 4.69) is 24.3 Å². The first kappa shape index (κ1) is 13.8. The summed E-state index contributed by atoms with van der Waals surface area (Å²) in [5, 5.41) is 10.7. The van der Waals surface area contributed by atoms with E-state index < -0.39 is 0 Å². The van der Waals surface area contributed by atoms with Gasteiger partial charge < -0.3 is 4.74 Å². The van der Waals surface area contributed by atoms with Gasteiger partial charge in [0, 0.05) is 18.7 Å². The molecule has 4 nitrogen and oxygen atoms in total. The monoisotopic (exact) mass is 283 g/mol. The Morgan fingerprint density at radius 2 is 1.71 bits per heavy atom. The van der Waals surface area contributed by atoms with Crippen molar-refractivity contribution in [3.05, 3.63) is 75.8 Å². The van der Waals surface area contributed by atoms with Gasteiger partial charge in [0.1, 0.15) is 0 Å². The van der Waals surface area contributed by atoms with Crippen molar-refractivity contribution in [2.24, 2.45) is 0 Å². The number of non-ortho nitro benzene ring substituents is 1. The van der Waals surface area contributed by atoms with Crippen molar-refractivity contribution in [2.75, 3.05) is 6.61 Å². The third kappa shape index (κ3) is 3.11. The minimum Gasteiger partial charge on any atom is -0.373 e. The van der Waals surface area contributed by atoms with Gasteiger partial charge in [-0.05, 0) is 42.0 Å². The van der Waals surface area contributed by atoms with E-state index in [0.717, 1.165) is 25.0 Å². The Morgan fingerprint density at radius 3 is 2.38 bits per heavy atom. The molecule has 4 heteroatoms. The number of nitro benzene ring substituents is 1. The van der Waals surface area contributed by atoms with Gasteiger partial charge in [-0.1, -0.05) is 30.3 Å². The van der Waals surface area contributed by atoms with E-state index in [0.29, 0.717) is 5.92 Å². The highest BCUT2D eigenvalue weighted by molar-refractivity contribution is 5.34. The molecule has 2 atom stereocenters. The normalized spacial score (nSPS) is 21.9. The Morgan fingerprint density at radius 1 is 1.00 bits per heavy atom. The molecule has 0 unspecified atom stereocenters. The van der Waals surface area contributed by atoms with E-state index >= 15 is 0 Å². The number of nitrogens with zero attached hydrogens (tertiary/aromatic N) is 1. The predicted molar refractivity (Wildman–Crippen MR) is 80.2 cm³/mol. The largest absolute Gasteiger partial charge is 0.373 e. The molecule has 1 aliphatic rings. The molecule has 3 rings (SSSR count). The van der Waals surface area contributed by atoms with Crippen LogP contribution in [0, 0.1) is 10.1 Å². The summed E-state index contributed by atoms with van der Waals surface area (Å²) in [6, 6.07) is 17.2. The van der Waals surface area contributed by atoms with Crippen molar-refractivity contribution in [3.63, 3.8) is 0 Å². The molecule has 1 heterocycles. The van der Waals surface area contributed by atoms with Crippen molar-refractivity contribution in [2.45, 2.75) is 24.9 Å². The molecule has 1 aliphatic heterocycles. The Kier molecular flexibility index (Phi) is 3.97. The standard InChI is InChI=1S/C17H17NO3/c19-18(20)16-8-6-14(7-9-16)17-12-15(10-11-21-17)13-4-2-1-3-5-13/h1-9,15,17H,10-12H2/t15-,17+/m0/s1. The molecule has 0 N–H and O–H groups in total. The van der Waals surface area contributed by atoms with Gasteiger partial charge in [0.2, 0.25) is 0 Å². The summed E-state index contributed by atoms with van der Waals surface area (Å²) in [4.78, 5) is 10.3. The molecular weight excluding hydrogens is 266 g/mol. The van der Waals surface area contributed by atoms with Crippen LogP contribution in [0.2, 0.25) is 0 Å². The first-order valence-corrected chi connectivity index (χ1v) is 7.15. The fourth-order valence-corrected chi connectivity index (χ4v) is 2.87. The van der Waals surface area contributed by atoms with Crippen LogP contribution in [0.25, 0.3) is 0 Å². The lowest BCUT2D eigenvalue weighted by Gasteiger charge is -2.30. The topological polar surface area (TPSA) is 52.4 Å². The number of rotatable bonds is 3. The molecular formula is C17H17NO3. The van der Waals surface area contributed by atoms with Crippen molar-refractivity contribution < 1.29 is 9.66 Å². The second-order valence-corrected chi connectivity index (χ2v) is 5.34. The Labute approximate surface area is 123 Å². The molecule has 108 valence electrons. The van der Waals surface area contributed by atoms with Crippen LogP contribution in [-0.2, 0) is 4.74 Å². The molecule has 1 fully saturated rings. The maximum atomic E-state index is 10.7. The first-order chi connectivity index (χ1) is 10.2. The molecule has 1 saturated heterocycles. The second kappa shape index (κ2) is 6.06. The Balaban J connectivity index is 1.75. The van der Waals surface area contributed by atoms with Crippen molar-refractivity contribution in [3.8, 4) is 0 Å². The van der Waals surface area contributed by atoms with Gasteiger partial charge in [0.15, 0.2) is 0 Å². The van der Waals surface area contributed by atoms with E-state index in [1.165, 1.54) is 5.56 Å². The van der Waals surface area contributed by atoms with E-state index in [1.807, 2.05) is 6.07 Å². The van der Waals surface area contributed by atoms with E-state index in [1.54, 1.807) is 24.3 Å². The van der Waals surface area contributed by atoms with Gasteiger partial charge in [-0.2, -0.15) is 0 Å². The molecule has 2 aromatic rings. The zero-order valence-electron chi connectivity index (χ0n) is 11.6. The SMILES string of the molecule is O=[N+]([O-])c1ccc([C@H]2C[C@@H](c3ccccc3)CCO2)cc1. The number of benzene rings is 2. The van der Waals surface area contributed by atoms with Crippen molar-refractivity contribution in [1.29, 1.82) is 0 Å². The van der Waals surface area contributed by atoms with Crippen LogP contribution in [0.5, 0.6) is 0 Å². The smallest absolute Gasteiger partial charge is 0.269 e. The molecule has 21 heavy (non-hydrogen) atoms. The zero-order valence-corrected chi connectivity index (χ0v) is 11.6. The van der Waals surface area contributed by atoms with E-state index in [-0.39, 0.29) is 16.7 Å². The fraction of sp³-hybridized carbons (Fsp3) is 0.294. The molecule has 0 saturated carbocycles. The summed E-state index contributed by atoms with van der Waals surface area (Å²) in [5.41, 5.74) is 2.48. The summed E-state index contributed by atoms with van der Waals surface area (Å²) < 4.78 is 5.85. The van der Waals surface area contributed by atoms with Crippen LogP contribution in [0.3, 0.4) is 0 Å². The summed E-state index contributed by atoms with van der Waals surface area (Å²) >= 11 is 0. The average molecular weight is 283 g/mol. The maximum Gasteiger partial charge on any atom is 0.269 e. The van der Waals surface area contributed by atoms with Crippen LogP contribution in [0.15, 0.2) is 54.6 Å². The number of hydrogen-bond donors (Lipinski definition) is 0. The van der Waals surface area contributed by atoms with Gasteiger partial charge in [-0.25, -0.2) is 0 Å². The maximum absolute atomic E-state index is 10.7. The zero-order chi connectivity index (χ0) is 14.7. The molecule has 0 aromatic heterocycles.